The number of aliphatic hydroxyl groups is 1. The molecule has 1 saturated carbocycles. The Morgan fingerprint density at radius 1 is 1.50 bits per heavy atom. The van der Waals surface area contributed by atoms with Gasteiger partial charge in [0.15, 0.2) is 0 Å². The summed E-state index contributed by atoms with van der Waals surface area (Å²) < 4.78 is 0.783. The molecule has 5 heteroatoms. The zero-order valence-electron chi connectivity index (χ0n) is 10.0. The van der Waals surface area contributed by atoms with Crippen LogP contribution < -0.4 is 11.1 Å². The molecule has 18 heavy (non-hydrogen) atoms. The fourth-order valence-electron chi connectivity index (χ4n) is 2.27. The molecule has 0 bridgehead atoms. The van der Waals surface area contributed by atoms with Crippen molar-refractivity contribution in [1.29, 1.82) is 0 Å². The standard InChI is InChI=1S/C13H17BrN2O2/c14-10-5-4-8(6-11(10)15)13(18)16-7-9-2-1-3-12(9)17/h4-6,9,12,17H,1-3,7,15H2,(H,16,18). The number of anilines is 1. The van der Waals surface area contributed by atoms with E-state index >= 15 is 0 Å². The van der Waals surface area contributed by atoms with E-state index in [9.17, 15) is 9.90 Å². The van der Waals surface area contributed by atoms with Crippen LogP contribution in [0, 0.1) is 5.92 Å². The van der Waals surface area contributed by atoms with Gasteiger partial charge in [0, 0.05) is 28.2 Å². The Morgan fingerprint density at radius 2 is 2.28 bits per heavy atom. The van der Waals surface area contributed by atoms with Crippen LogP contribution in [0.1, 0.15) is 29.6 Å². The lowest BCUT2D eigenvalue weighted by atomic mass is 10.1. The third kappa shape index (κ3) is 3.03. The summed E-state index contributed by atoms with van der Waals surface area (Å²) in [5.41, 5.74) is 6.82. The van der Waals surface area contributed by atoms with Crippen molar-refractivity contribution in [2.75, 3.05) is 12.3 Å². The molecule has 1 amide bonds. The van der Waals surface area contributed by atoms with Crippen LogP contribution in [-0.4, -0.2) is 23.7 Å². The molecule has 4 N–H and O–H groups in total. The summed E-state index contributed by atoms with van der Waals surface area (Å²) in [6, 6.07) is 5.13. The van der Waals surface area contributed by atoms with E-state index in [1.165, 1.54) is 0 Å². The van der Waals surface area contributed by atoms with Crippen molar-refractivity contribution in [3.63, 3.8) is 0 Å². The summed E-state index contributed by atoms with van der Waals surface area (Å²) in [6.07, 6.45) is 2.57. The van der Waals surface area contributed by atoms with Gasteiger partial charge in [-0.2, -0.15) is 0 Å². The number of hydrogen-bond acceptors (Lipinski definition) is 3. The minimum absolute atomic E-state index is 0.145. The van der Waals surface area contributed by atoms with E-state index in [4.69, 9.17) is 5.73 Å². The van der Waals surface area contributed by atoms with Gasteiger partial charge in [-0.05, 0) is 47.0 Å². The number of hydrogen-bond donors (Lipinski definition) is 3. The van der Waals surface area contributed by atoms with E-state index in [1.54, 1.807) is 18.2 Å². The van der Waals surface area contributed by atoms with Gasteiger partial charge in [0.2, 0.25) is 0 Å². The third-order valence-corrected chi connectivity index (χ3v) is 4.12. The van der Waals surface area contributed by atoms with Crippen LogP contribution >= 0.6 is 15.9 Å². The molecule has 1 aliphatic carbocycles. The van der Waals surface area contributed by atoms with Crippen LogP contribution in [0.25, 0.3) is 0 Å². The Labute approximate surface area is 115 Å². The molecule has 0 saturated heterocycles. The number of carbonyl (C=O) groups excluding carboxylic acids is 1. The van der Waals surface area contributed by atoms with Crippen LogP contribution in [0.3, 0.4) is 0 Å². The molecule has 2 unspecified atom stereocenters. The van der Waals surface area contributed by atoms with Crippen molar-refractivity contribution in [2.24, 2.45) is 5.92 Å². The maximum absolute atomic E-state index is 11.9. The SMILES string of the molecule is Nc1cc(C(=O)NCC2CCCC2O)ccc1Br. The van der Waals surface area contributed by atoms with E-state index in [0.717, 1.165) is 23.7 Å². The van der Waals surface area contributed by atoms with Crippen molar-refractivity contribution in [3.05, 3.63) is 28.2 Å². The van der Waals surface area contributed by atoms with Gasteiger partial charge >= 0.3 is 0 Å². The third-order valence-electron chi connectivity index (χ3n) is 3.40. The van der Waals surface area contributed by atoms with Crippen molar-refractivity contribution in [3.8, 4) is 0 Å². The maximum Gasteiger partial charge on any atom is 0.251 e. The minimum Gasteiger partial charge on any atom is -0.398 e. The Morgan fingerprint density at radius 3 is 2.89 bits per heavy atom. The molecule has 0 heterocycles. The van der Waals surface area contributed by atoms with Crippen molar-refractivity contribution in [2.45, 2.75) is 25.4 Å². The number of rotatable bonds is 3. The molecule has 0 aromatic heterocycles. The van der Waals surface area contributed by atoms with Gasteiger partial charge in [-0.1, -0.05) is 6.42 Å². The number of benzene rings is 1. The van der Waals surface area contributed by atoms with Crippen LogP contribution in [0.4, 0.5) is 5.69 Å². The molecule has 0 radical (unpaired) electrons. The summed E-state index contributed by atoms with van der Waals surface area (Å²) in [4.78, 5) is 11.9. The number of nitrogens with two attached hydrogens (primary N) is 1. The van der Waals surface area contributed by atoms with Crippen LogP contribution in [0.2, 0.25) is 0 Å². The van der Waals surface area contributed by atoms with E-state index in [-0.39, 0.29) is 17.9 Å². The Balaban J connectivity index is 1.93. The zero-order chi connectivity index (χ0) is 13.1. The molecule has 2 rings (SSSR count). The Bertz CT molecular complexity index is 451. The first-order valence-corrected chi connectivity index (χ1v) is 6.88. The molecule has 1 aromatic rings. The van der Waals surface area contributed by atoms with Crippen molar-refractivity contribution < 1.29 is 9.90 Å². The van der Waals surface area contributed by atoms with Gasteiger partial charge in [0.25, 0.3) is 5.91 Å². The Hall–Kier alpha value is -1.07. The lowest BCUT2D eigenvalue weighted by Gasteiger charge is -2.15. The maximum atomic E-state index is 11.9. The monoisotopic (exact) mass is 312 g/mol. The van der Waals surface area contributed by atoms with E-state index < -0.39 is 0 Å². The fourth-order valence-corrected chi connectivity index (χ4v) is 2.51. The Kier molecular flexibility index (Phi) is 4.24. The van der Waals surface area contributed by atoms with Crippen LogP contribution in [-0.2, 0) is 0 Å². The van der Waals surface area contributed by atoms with E-state index in [2.05, 4.69) is 21.2 Å². The summed E-state index contributed by atoms with van der Waals surface area (Å²) >= 11 is 3.29. The molecule has 1 fully saturated rings. The second-order valence-electron chi connectivity index (χ2n) is 4.70. The molecule has 98 valence electrons. The number of halogens is 1. The predicted octanol–water partition coefficient (Wildman–Crippen LogP) is 1.92. The first-order valence-electron chi connectivity index (χ1n) is 6.09. The second-order valence-corrected chi connectivity index (χ2v) is 5.56. The molecule has 1 aromatic carbocycles. The number of nitrogens with one attached hydrogen (secondary N) is 1. The topological polar surface area (TPSA) is 75.4 Å². The average molecular weight is 313 g/mol. The largest absolute Gasteiger partial charge is 0.398 e. The highest BCUT2D eigenvalue weighted by molar-refractivity contribution is 9.10. The van der Waals surface area contributed by atoms with Crippen molar-refractivity contribution >= 4 is 27.5 Å². The molecule has 1 aliphatic rings. The fraction of sp³-hybridized carbons (Fsp3) is 0.462. The van der Waals surface area contributed by atoms with E-state index in [0.29, 0.717) is 17.8 Å². The molecule has 4 nitrogen and oxygen atoms in total. The first-order chi connectivity index (χ1) is 8.58. The quantitative estimate of drug-likeness (QED) is 0.746. The van der Waals surface area contributed by atoms with Gasteiger partial charge < -0.3 is 16.2 Å². The van der Waals surface area contributed by atoms with E-state index in [1.807, 2.05) is 0 Å². The van der Waals surface area contributed by atoms with Gasteiger partial charge in [-0.15, -0.1) is 0 Å². The number of aliphatic hydroxyl groups excluding tert-OH is 1. The number of carbonyl (C=O) groups is 1. The average Bonchev–Trinajstić information content (AvgIpc) is 2.75. The molecule has 2 atom stereocenters. The van der Waals surface area contributed by atoms with Gasteiger partial charge in [0.05, 0.1) is 6.10 Å². The zero-order valence-corrected chi connectivity index (χ0v) is 11.6. The molecular weight excluding hydrogens is 296 g/mol. The highest BCUT2D eigenvalue weighted by Gasteiger charge is 2.25. The smallest absolute Gasteiger partial charge is 0.251 e. The van der Waals surface area contributed by atoms with Crippen molar-refractivity contribution in [1.82, 2.24) is 5.32 Å². The summed E-state index contributed by atoms with van der Waals surface area (Å²) in [5, 5.41) is 12.5. The lowest BCUT2D eigenvalue weighted by molar-refractivity contribution is 0.0917. The molecule has 0 spiro atoms. The number of amides is 1. The normalized spacial score (nSPS) is 23.0. The van der Waals surface area contributed by atoms with Gasteiger partial charge in [-0.3, -0.25) is 4.79 Å². The van der Waals surface area contributed by atoms with Gasteiger partial charge in [0.1, 0.15) is 0 Å². The molecular formula is C13H17BrN2O2. The van der Waals surface area contributed by atoms with Crippen LogP contribution in [0.15, 0.2) is 22.7 Å². The summed E-state index contributed by atoms with van der Waals surface area (Å²) in [5.74, 6) is 0.0371. The highest BCUT2D eigenvalue weighted by atomic mass is 79.9. The van der Waals surface area contributed by atoms with Gasteiger partial charge in [-0.25, -0.2) is 0 Å². The molecule has 0 aliphatic heterocycles. The predicted molar refractivity (Wildman–Crippen MR) is 74.2 cm³/mol. The summed E-state index contributed by atoms with van der Waals surface area (Å²) in [7, 11) is 0. The lowest BCUT2D eigenvalue weighted by Crippen LogP contribution is -2.32. The van der Waals surface area contributed by atoms with Crippen LogP contribution in [0.5, 0.6) is 0 Å². The second kappa shape index (κ2) is 5.71. The summed E-state index contributed by atoms with van der Waals surface area (Å²) in [6.45, 7) is 0.524. The minimum atomic E-state index is -0.278. The highest BCUT2D eigenvalue weighted by Crippen LogP contribution is 2.25. The number of nitrogen functional groups attached to an aromatic ring is 1. The first kappa shape index (κ1) is 13.4.